The molecular weight excluding hydrogens is 284 g/mol. The highest BCUT2D eigenvalue weighted by Gasteiger charge is 2.06. The number of carbonyl (C=O) groups excluding carboxylic acids is 2. The van der Waals surface area contributed by atoms with Crippen molar-refractivity contribution in [2.24, 2.45) is 5.73 Å². The molecule has 110 valence electrons. The van der Waals surface area contributed by atoms with E-state index < -0.39 is 11.9 Å². The molecule has 0 radical (unpaired) electrons. The number of hydrogen-bond donors (Lipinski definition) is 3. The highest BCUT2D eigenvalue weighted by molar-refractivity contribution is 7.99. The summed E-state index contributed by atoms with van der Waals surface area (Å²) in [5.41, 5.74) is 4.94. The van der Waals surface area contributed by atoms with E-state index in [1.807, 2.05) is 0 Å². The molecule has 0 aromatic carbocycles. The van der Waals surface area contributed by atoms with Gasteiger partial charge in [-0.3, -0.25) is 9.59 Å². The molecule has 0 aliphatic heterocycles. The summed E-state index contributed by atoms with van der Waals surface area (Å²) < 4.78 is 1.59. The van der Waals surface area contributed by atoms with Crippen LogP contribution in [-0.2, 0) is 16.1 Å². The Bertz CT molecular complexity index is 489. The summed E-state index contributed by atoms with van der Waals surface area (Å²) in [4.78, 5) is 36.2. The molecule has 4 N–H and O–H groups in total. The van der Waals surface area contributed by atoms with E-state index in [2.05, 4.69) is 10.3 Å². The number of carboxylic acid groups (broad SMARTS) is 1. The molecule has 0 aliphatic rings. The molecule has 20 heavy (non-hydrogen) atoms. The predicted octanol–water partition coefficient (Wildman–Crippen LogP) is -0.694. The number of hydrogen-bond acceptors (Lipinski definition) is 5. The summed E-state index contributed by atoms with van der Waals surface area (Å²) in [5.74, 6) is -0.868. The Hall–Kier alpha value is -2.03. The third-order valence-electron chi connectivity index (χ3n) is 2.26. The summed E-state index contributed by atoms with van der Waals surface area (Å²) in [6.45, 7) is 0.829. The first kappa shape index (κ1) is 16.0. The van der Waals surface area contributed by atoms with Gasteiger partial charge >= 0.3 is 5.97 Å². The van der Waals surface area contributed by atoms with E-state index in [0.29, 0.717) is 25.3 Å². The molecule has 8 nitrogen and oxygen atoms in total. The summed E-state index contributed by atoms with van der Waals surface area (Å²) in [5, 5.41) is 11.4. The topological polar surface area (TPSA) is 127 Å². The number of rotatable bonds is 9. The van der Waals surface area contributed by atoms with Crippen LogP contribution in [0.5, 0.6) is 0 Å². The molecule has 0 unspecified atom stereocenters. The third kappa shape index (κ3) is 6.23. The van der Waals surface area contributed by atoms with E-state index in [4.69, 9.17) is 10.8 Å². The SMILES string of the molecule is NC(=O)CSCCC(=O)NCCn1cnc(C(=O)O)c1. The number of carbonyl (C=O) groups is 3. The average Bonchev–Trinajstić information content (AvgIpc) is 2.83. The Kier molecular flexibility index (Phi) is 6.57. The molecule has 2 amide bonds. The van der Waals surface area contributed by atoms with Crippen LogP contribution in [0.15, 0.2) is 12.5 Å². The lowest BCUT2D eigenvalue weighted by Gasteiger charge is -2.05. The Balaban J connectivity index is 2.15. The van der Waals surface area contributed by atoms with Gasteiger partial charge in [0, 0.05) is 31.5 Å². The average molecular weight is 300 g/mol. The summed E-state index contributed by atoms with van der Waals surface area (Å²) in [6.07, 6.45) is 3.11. The molecule has 1 aromatic heterocycles. The van der Waals surface area contributed by atoms with Gasteiger partial charge in [-0.05, 0) is 0 Å². The van der Waals surface area contributed by atoms with Crippen LogP contribution in [0, 0.1) is 0 Å². The molecule has 0 spiro atoms. The first-order chi connectivity index (χ1) is 9.49. The van der Waals surface area contributed by atoms with Crippen LogP contribution in [0.25, 0.3) is 0 Å². The van der Waals surface area contributed by atoms with Crippen molar-refractivity contribution in [2.45, 2.75) is 13.0 Å². The van der Waals surface area contributed by atoms with Gasteiger partial charge in [0.2, 0.25) is 11.8 Å². The van der Waals surface area contributed by atoms with Crippen molar-refractivity contribution >= 4 is 29.5 Å². The molecule has 0 aliphatic carbocycles. The first-order valence-electron chi connectivity index (χ1n) is 5.87. The van der Waals surface area contributed by atoms with Crippen LogP contribution in [0.4, 0.5) is 0 Å². The van der Waals surface area contributed by atoms with E-state index in [1.165, 1.54) is 24.3 Å². The summed E-state index contributed by atoms with van der Waals surface area (Å²) >= 11 is 1.31. The molecule has 9 heteroatoms. The number of nitrogens with zero attached hydrogens (tertiary/aromatic N) is 2. The van der Waals surface area contributed by atoms with Crippen molar-refractivity contribution in [3.8, 4) is 0 Å². The Morgan fingerprint density at radius 2 is 2.20 bits per heavy atom. The molecule has 1 heterocycles. The van der Waals surface area contributed by atoms with Gasteiger partial charge in [-0.25, -0.2) is 9.78 Å². The van der Waals surface area contributed by atoms with Gasteiger partial charge in [-0.15, -0.1) is 0 Å². The van der Waals surface area contributed by atoms with Crippen LogP contribution < -0.4 is 11.1 Å². The minimum Gasteiger partial charge on any atom is -0.476 e. The van der Waals surface area contributed by atoms with Crippen molar-refractivity contribution in [3.63, 3.8) is 0 Å². The smallest absolute Gasteiger partial charge is 0.356 e. The number of imidazole rings is 1. The monoisotopic (exact) mass is 300 g/mol. The lowest BCUT2D eigenvalue weighted by molar-refractivity contribution is -0.120. The van der Waals surface area contributed by atoms with Gasteiger partial charge in [0.05, 0.1) is 12.1 Å². The lowest BCUT2D eigenvalue weighted by Crippen LogP contribution is -2.27. The van der Waals surface area contributed by atoms with Gasteiger partial charge in [0.15, 0.2) is 5.69 Å². The molecular formula is C11H16N4O4S. The van der Waals surface area contributed by atoms with Gasteiger partial charge in [0.1, 0.15) is 0 Å². The van der Waals surface area contributed by atoms with Gasteiger partial charge in [-0.1, -0.05) is 0 Å². The number of aromatic nitrogens is 2. The normalized spacial score (nSPS) is 10.2. The molecule has 0 fully saturated rings. The Morgan fingerprint density at radius 1 is 1.45 bits per heavy atom. The number of nitrogens with one attached hydrogen (secondary N) is 1. The van der Waals surface area contributed by atoms with Crippen LogP contribution in [0.1, 0.15) is 16.9 Å². The van der Waals surface area contributed by atoms with Crippen molar-refractivity contribution in [1.82, 2.24) is 14.9 Å². The van der Waals surface area contributed by atoms with E-state index in [0.717, 1.165) is 0 Å². The quantitative estimate of drug-likeness (QED) is 0.518. The fourth-order valence-corrected chi connectivity index (χ4v) is 2.02. The van der Waals surface area contributed by atoms with Gasteiger partial charge < -0.3 is 20.7 Å². The molecule has 0 saturated heterocycles. The number of carboxylic acids is 1. The molecule has 0 saturated carbocycles. The maximum Gasteiger partial charge on any atom is 0.356 e. The zero-order chi connectivity index (χ0) is 15.0. The van der Waals surface area contributed by atoms with Crippen molar-refractivity contribution in [2.75, 3.05) is 18.1 Å². The molecule has 1 aromatic rings. The largest absolute Gasteiger partial charge is 0.476 e. The highest BCUT2D eigenvalue weighted by Crippen LogP contribution is 2.01. The van der Waals surface area contributed by atoms with Crippen molar-refractivity contribution < 1.29 is 19.5 Å². The molecule has 0 bridgehead atoms. The van der Waals surface area contributed by atoms with Crippen molar-refractivity contribution in [3.05, 3.63) is 18.2 Å². The fourth-order valence-electron chi connectivity index (χ4n) is 1.34. The van der Waals surface area contributed by atoms with Crippen LogP contribution in [0.2, 0.25) is 0 Å². The lowest BCUT2D eigenvalue weighted by atomic mass is 10.4. The minimum absolute atomic E-state index is 0.0285. The minimum atomic E-state index is -1.08. The zero-order valence-corrected chi connectivity index (χ0v) is 11.6. The van der Waals surface area contributed by atoms with E-state index in [1.54, 1.807) is 4.57 Å². The van der Waals surface area contributed by atoms with Gasteiger partial charge in [0.25, 0.3) is 0 Å². The van der Waals surface area contributed by atoms with Gasteiger partial charge in [-0.2, -0.15) is 11.8 Å². The van der Waals surface area contributed by atoms with Crippen molar-refractivity contribution in [1.29, 1.82) is 0 Å². The Morgan fingerprint density at radius 3 is 2.80 bits per heavy atom. The highest BCUT2D eigenvalue weighted by atomic mass is 32.2. The Labute approximate surface area is 119 Å². The zero-order valence-electron chi connectivity index (χ0n) is 10.7. The maximum atomic E-state index is 11.4. The van der Waals surface area contributed by atoms with E-state index in [9.17, 15) is 14.4 Å². The standard InChI is InChI=1S/C11H16N4O4S/c12-9(16)6-20-4-1-10(17)13-2-3-15-5-8(11(18)19)14-7-15/h5,7H,1-4,6H2,(H2,12,16)(H,13,17)(H,18,19). The summed E-state index contributed by atoms with van der Waals surface area (Å²) in [7, 11) is 0. The second kappa shape index (κ2) is 8.20. The number of thioether (sulfide) groups is 1. The van der Waals surface area contributed by atoms with E-state index in [-0.39, 0.29) is 17.4 Å². The maximum absolute atomic E-state index is 11.4. The third-order valence-corrected chi connectivity index (χ3v) is 3.24. The number of amides is 2. The summed E-state index contributed by atoms with van der Waals surface area (Å²) in [6, 6.07) is 0. The van der Waals surface area contributed by atoms with Crippen LogP contribution in [0.3, 0.4) is 0 Å². The van der Waals surface area contributed by atoms with Crippen LogP contribution in [-0.4, -0.2) is 50.5 Å². The second-order valence-electron chi connectivity index (χ2n) is 3.92. The van der Waals surface area contributed by atoms with E-state index >= 15 is 0 Å². The van der Waals surface area contributed by atoms with Crippen LogP contribution >= 0.6 is 11.8 Å². The first-order valence-corrected chi connectivity index (χ1v) is 7.02. The number of primary amides is 1. The molecule has 0 atom stereocenters. The second-order valence-corrected chi connectivity index (χ2v) is 5.03. The predicted molar refractivity (Wildman–Crippen MR) is 73.3 cm³/mol. The fraction of sp³-hybridized carbons (Fsp3) is 0.455. The molecule has 1 rings (SSSR count). The number of aromatic carboxylic acids is 1. The number of nitrogens with two attached hydrogens (primary N) is 1.